The van der Waals surface area contributed by atoms with Crippen LogP contribution in [0.3, 0.4) is 0 Å². The summed E-state index contributed by atoms with van der Waals surface area (Å²) in [4.78, 5) is 0. The van der Waals surface area contributed by atoms with Crippen LogP contribution in [0.25, 0.3) is 22.1 Å². The Hall–Kier alpha value is -2.95. The maximum absolute atomic E-state index is 5.78. The zero-order chi connectivity index (χ0) is 17.1. The minimum Gasteiger partial charge on any atom is -0.493 e. The molecule has 0 N–H and O–H groups in total. The third-order valence-electron chi connectivity index (χ3n) is 3.86. The van der Waals surface area contributed by atoms with E-state index < -0.39 is 0 Å². The van der Waals surface area contributed by atoms with Crippen LogP contribution in [0.4, 0.5) is 0 Å². The summed E-state index contributed by atoms with van der Waals surface area (Å²) in [5, 5.41) is 1.92. The third kappa shape index (κ3) is 2.80. The van der Waals surface area contributed by atoms with Crippen molar-refractivity contribution in [2.45, 2.75) is 0 Å². The van der Waals surface area contributed by atoms with Crippen molar-refractivity contribution < 1.29 is 23.4 Å². The predicted molar refractivity (Wildman–Crippen MR) is 92.3 cm³/mol. The summed E-state index contributed by atoms with van der Waals surface area (Å²) < 4.78 is 27.1. The summed E-state index contributed by atoms with van der Waals surface area (Å²) >= 11 is 0. The average molecular weight is 327 g/mol. The van der Waals surface area contributed by atoms with E-state index in [0.29, 0.717) is 23.0 Å². The molecule has 1 aromatic heterocycles. The van der Waals surface area contributed by atoms with Crippen LogP contribution in [-0.4, -0.2) is 28.4 Å². The zero-order valence-electron chi connectivity index (χ0n) is 14.1. The number of benzene rings is 2. The van der Waals surface area contributed by atoms with Crippen LogP contribution in [0.5, 0.6) is 23.0 Å². The van der Waals surface area contributed by atoms with E-state index in [1.54, 1.807) is 34.7 Å². The van der Waals surface area contributed by atoms with E-state index in [0.717, 1.165) is 22.1 Å². The van der Waals surface area contributed by atoms with E-state index in [1.165, 1.54) is 0 Å². The number of methoxy groups -OCH3 is 4. The van der Waals surface area contributed by atoms with Crippen molar-refractivity contribution in [3.8, 4) is 34.3 Å². The first-order chi connectivity index (χ1) is 11.7. The van der Waals surface area contributed by atoms with Crippen molar-refractivity contribution in [2.75, 3.05) is 28.4 Å². The molecule has 0 bridgehead atoms. The molecule has 0 aliphatic carbocycles. The molecule has 0 unspecified atom stereocenters. The summed E-state index contributed by atoms with van der Waals surface area (Å²) in [6.07, 6.45) is 1.70. The van der Waals surface area contributed by atoms with Gasteiger partial charge < -0.3 is 18.9 Å². The molecule has 3 rings (SSSR count). The van der Waals surface area contributed by atoms with Gasteiger partial charge in [-0.25, -0.2) is 4.42 Å². The summed E-state index contributed by atoms with van der Waals surface area (Å²) in [6, 6.07) is 11.4. The lowest BCUT2D eigenvalue weighted by molar-refractivity contribution is 0.355. The van der Waals surface area contributed by atoms with E-state index in [-0.39, 0.29) is 0 Å². The average Bonchev–Trinajstić information content (AvgIpc) is 2.65. The van der Waals surface area contributed by atoms with Crippen LogP contribution in [0.2, 0.25) is 0 Å². The van der Waals surface area contributed by atoms with E-state index in [1.807, 2.05) is 36.4 Å². The summed E-state index contributed by atoms with van der Waals surface area (Å²) in [5.41, 5.74) is 0.893. The van der Waals surface area contributed by atoms with Crippen molar-refractivity contribution >= 4 is 10.8 Å². The lowest BCUT2D eigenvalue weighted by Crippen LogP contribution is -1.92. The molecule has 124 valence electrons. The van der Waals surface area contributed by atoms with Gasteiger partial charge in [0.2, 0.25) is 0 Å². The van der Waals surface area contributed by atoms with Crippen LogP contribution in [0, 0.1) is 0 Å². The molecule has 24 heavy (non-hydrogen) atoms. The molecule has 0 fully saturated rings. The highest BCUT2D eigenvalue weighted by Gasteiger charge is 2.17. The summed E-state index contributed by atoms with van der Waals surface area (Å²) in [5.74, 6) is 3.38. The van der Waals surface area contributed by atoms with Crippen LogP contribution >= 0.6 is 0 Å². The minimum atomic E-state index is 0.651. The molecule has 5 nitrogen and oxygen atoms in total. The van der Waals surface area contributed by atoms with Gasteiger partial charge >= 0.3 is 12.0 Å². The molecule has 0 radical (unpaired) electrons. The molecule has 5 heteroatoms. The van der Waals surface area contributed by atoms with Crippen molar-refractivity contribution in [1.82, 2.24) is 0 Å². The molecule has 3 aromatic rings. The normalized spacial score (nSPS) is 10.5. The Morgan fingerprint density at radius 1 is 0.625 bits per heavy atom. The number of rotatable bonds is 5. The van der Waals surface area contributed by atoms with E-state index in [9.17, 15) is 0 Å². The van der Waals surface area contributed by atoms with Crippen LogP contribution in [-0.2, 0) is 0 Å². The summed E-state index contributed by atoms with van der Waals surface area (Å²) in [7, 11) is 6.44. The smallest absolute Gasteiger partial charge is 0.360 e. The van der Waals surface area contributed by atoms with Gasteiger partial charge in [-0.05, 0) is 18.2 Å². The lowest BCUT2D eigenvalue weighted by Gasteiger charge is -2.08. The van der Waals surface area contributed by atoms with Gasteiger partial charge in [-0.3, -0.25) is 0 Å². The lowest BCUT2D eigenvalue weighted by atomic mass is 10.1. The highest BCUT2D eigenvalue weighted by atomic mass is 16.5. The van der Waals surface area contributed by atoms with Crippen molar-refractivity contribution in [3.63, 3.8) is 0 Å². The molecule has 1 heterocycles. The SMILES string of the molecule is COc1ccc(-c2cc3cc(OC)c(OC)cc3c[o+]2)cc1OC. The number of ether oxygens (including phenoxy) is 4. The standard InChI is InChI=1S/C19H19O5/c1-20-15-6-5-12(7-17(15)21-2)16-8-13-9-18(22-3)19(23-4)10-14(13)11-24-16/h5-11H,1-4H3/q+1. The Morgan fingerprint density at radius 2 is 1.21 bits per heavy atom. The van der Waals surface area contributed by atoms with E-state index in [4.69, 9.17) is 23.4 Å². The molecule has 0 atom stereocenters. The van der Waals surface area contributed by atoms with Gasteiger partial charge in [-0.15, -0.1) is 0 Å². The van der Waals surface area contributed by atoms with Gasteiger partial charge in [0.25, 0.3) is 0 Å². The van der Waals surface area contributed by atoms with Gasteiger partial charge in [-0.2, -0.15) is 0 Å². The number of hydrogen-bond donors (Lipinski definition) is 0. The molecule has 0 aliphatic rings. The second-order valence-corrected chi connectivity index (χ2v) is 5.15. The first-order valence-electron chi connectivity index (χ1n) is 7.40. The molecule has 0 spiro atoms. The third-order valence-corrected chi connectivity index (χ3v) is 3.86. The zero-order valence-corrected chi connectivity index (χ0v) is 14.1. The maximum Gasteiger partial charge on any atom is 0.360 e. The molecule has 0 amide bonds. The molecule has 0 saturated heterocycles. The monoisotopic (exact) mass is 327 g/mol. The Kier molecular flexibility index (Phi) is 4.42. The van der Waals surface area contributed by atoms with Crippen LogP contribution in [0.1, 0.15) is 0 Å². The van der Waals surface area contributed by atoms with Crippen LogP contribution in [0.15, 0.2) is 47.1 Å². The first kappa shape index (κ1) is 15.9. The van der Waals surface area contributed by atoms with Crippen LogP contribution < -0.4 is 18.9 Å². The Labute approximate surface area is 140 Å². The fourth-order valence-corrected chi connectivity index (χ4v) is 2.58. The van der Waals surface area contributed by atoms with Gasteiger partial charge in [0.05, 0.1) is 45.5 Å². The second-order valence-electron chi connectivity index (χ2n) is 5.15. The molecule has 0 aliphatic heterocycles. The minimum absolute atomic E-state index is 0.651. The first-order valence-corrected chi connectivity index (χ1v) is 7.40. The Bertz CT molecular complexity index is 873. The number of fused-ring (bicyclic) bond motifs is 1. The molecule has 0 saturated carbocycles. The van der Waals surface area contributed by atoms with Crippen molar-refractivity contribution in [3.05, 3.63) is 42.7 Å². The maximum atomic E-state index is 5.78. The van der Waals surface area contributed by atoms with Gasteiger partial charge in [0.15, 0.2) is 23.0 Å². The quantitative estimate of drug-likeness (QED) is 0.649. The molecule has 2 aromatic carbocycles. The largest absolute Gasteiger partial charge is 0.493 e. The topological polar surface area (TPSA) is 48.2 Å². The highest BCUT2D eigenvalue weighted by Crippen LogP contribution is 2.36. The fourth-order valence-electron chi connectivity index (χ4n) is 2.58. The molecular weight excluding hydrogens is 308 g/mol. The van der Waals surface area contributed by atoms with Crippen molar-refractivity contribution in [2.24, 2.45) is 0 Å². The Morgan fingerprint density at radius 3 is 1.83 bits per heavy atom. The van der Waals surface area contributed by atoms with Crippen molar-refractivity contribution in [1.29, 1.82) is 0 Å². The summed E-state index contributed by atoms with van der Waals surface area (Å²) in [6.45, 7) is 0. The Balaban J connectivity index is 2.10. The van der Waals surface area contributed by atoms with E-state index in [2.05, 4.69) is 0 Å². The van der Waals surface area contributed by atoms with Gasteiger partial charge in [0.1, 0.15) is 0 Å². The highest BCUT2D eigenvalue weighted by molar-refractivity contribution is 5.87. The van der Waals surface area contributed by atoms with E-state index >= 15 is 0 Å². The second kappa shape index (κ2) is 6.66. The number of hydrogen-bond acceptors (Lipinski definition) is 4. The van der Waals surface area contributed by atoms with Gasteiger partial charge in [0, 0.05) is 17.5 Å². The fraction of sp³-hybridized carbons (Fsp3) is 0.211. The predicted octanol–water partition coefficient (Wildman–Crippen LogP) is 4.42. The van der Waals surface area contributed by atoms with Gasteiger partial charge in [-0.1, -0.05) is 0 Å². The molecular formula is C19H19O5+.